The molecule has 78 valence electrons. The topological polar surface area (TPSA) is 55.1 Å². The molecule has 1 amide bonds. The van der Waals surface area contributed by atoms with E-state index in [2.05, 4.69) is 24.3 Å². The average molecular weight is 196 g/mol. The van der Waals surface area contributed by atoms with E-state index in [0.717, 1.165) is 0 Å². The minimum absolute atomic E-state index is 0.138. The molecule has 1 aromatic heterocycles. The smallest absolute Gasteiger partial charge is 0.273 e. The molecule has 0 aromatic carbocycles. The maximum Gasteiger partial charge on any atom is 0.273 e. The van der Waals surface area contributed by atoms with Crippen molar-refractivity contribution < 1.29 is 9.32 Å². The van der Waals surface area contributed by atoms with Crippen LogP contribution in [0.2, 0.25) is 0 Å². The Bertz CT molecular complexity index is 318. The number of rotatable bonds is 3. The summed E-state index contributed by atoms with van der Waals surface area (Å²) in [7, 11) is 0. The Morgan fingerprint density at radius 2 is 2.14 bits per heavy atom. The van der Waals surface area contributed by atoms with E-state index in [4.69, 9.17) is 4.52 Å². The van der Waals surface area contributed by atoms with Gasteiger partial charge >= 0.3 is 0 Å². The molecule has 1 aromatic rings. The molecule has 4 heteroatoms. The zero-order valence-electron chi connectivity index (χ0n) is 9.00. The monoisotopic (exact) mass is 196 g/mol. The number of nitrogens with zero attached hydrogens (tertiary/aromatic N) is 1. The Labute approximate surface area is 83.7 Å². The molecule has 0 spiro atoms. The first-order valence-corrected chi connectivity index (χ1v) is 4.75. The predicted octanol–water partition coefficient (Wildman–Crippen LogP) is 1.76. The van der Waals surface area contributed by atoms with Crippen molar-refractivity contribution in [1.82, 2.24) is 10.5 Å². The zero-order chi connectivity index (χ0) is 10.7. The molecule has 0 saturated heterocycles. The van der Waals surface area contributed by atoms with Crippen LogP contribution in [0.4, 0.5) is 0 Å². The van der Waals surface area contributed by atoms with E-state index < -0.39 is 0 Å². The molecule has 0 fully saturated rings. The van der Waals surface area contributed by atoms with Crippen LogP contribution in [0.3, 0.4) is 0 Å². The van der Waals surface area contributed by atoms with Crippen molar-refractivity contribution >= 4 is 5.91 Å². The van der Waals surface area contributed by atoms with E-state index in [9.17, 15) is 4.79 Å². The number of aromatic nitrogens is 1. The maximum atomic E-state index is 11.5. The number of aryl methyl sites for hydroxylation is 1. The van der Waals surface area contributed by atoms with Gasteiger partial charge in [-0.3, -0.25) is 4.79 Å². The molecule has 1 heterocycles. The van der Waals surface area contributed by atoms with Gasteiger partial charge in [0.2, 0.25) is 0 Å². The standard InChI is InChI=1S/C10H16N2O2/c1-6(2)8(4)11-10(13)9-5-7(3)14-12-9/h5-6,8H,1-4H3,(H,11,13)/t8-/m1/s1. The number of amides is 1. The Morgan fingerprint density at radius 1 is 1.50 bits per heavy atom. The molecule has 0 aliphatic heterocycles. The third kappa shape index (κ3) is 2.58. The minimum atomic E-state index is -0.178. The first-order valence-electron chi connectivity index (χ1n) is 4.75. The highest BCUT2D eigenvalue weighted by atomic mass is 16.5. The lowest BCUT2D eigenvalue weighted by molar-refractivity contribution is 0.0921. The van der Waals surface area contributed by atoms with Gasteiger partial charge in [0.1, 0.15) is 5.76 Å². The number of hydrogen-bond acceptors (Lipinski definition) is 3. The summed E-state index contributed by atoms with van der Waals surface area (Å²) in [5, 5.41) is 6.49. The Hall–Kier alpha value is -1.32. The number of hydrogen-bond donors (Lipinski definition) is 1. The molecule has 1 N–H and O–H groups in total. The number of carbonyl (C=O) groups is 1. The van der Waals surface area contributed by atoms with Gasteiger partial charge in [0, 0.05) is 12.1 Å². The van der Waals surface area contributed by atoms with Crippen LogP contribution in [0.5, 0.6) is 0 Å². The lowest BCUT2D eigenvalue weighted by Gasteiger charge is -2.16. The lowest BCUT2D eigenvalue weighted by Crippen LogP contribution is -2.36. The van der Waals surface area contributed by atoms with E-state index in [0.29, 0.717) is 17.4 Å². The fourth-order valence-corrected chi connectivity index (χ4v) is 0.921. The van der Waals surface area contributed by atoms with Crippen LogP contribution < -0.4 is 5.32 Å². The summed E-state index contributed by atoms with van der Waals surface area (Å²) in [6.07, 6.45) is 0. The fraction of sp³-hybridized carbons (Fsp3) is 0.600. The van der Waals surface area contributed by atoms with Crippen LogP contribution in [-0.2, 0) is 0 Å². The second-order valence-electron chi connectivity index (χ2n) is 3.83. The van der Waals surface area contributed by atoms with Crippen LogP contribution in [0.15, 0.2) is 10.6 Å². The Kier molecular flexibility index (Phi) is 3.28. The van der Waals surface area contributed by atoms with Gasteiger partial charge in [0.05, 0.1) is 0 Å². The molecular weight excluding hydrogens is 180 g/mol. The molecule has 0 bridgehead atoms. The second kappa shape index (κ2) is 4.26. The first kappa shape index (κ1) is 10.8. The van der Waals surface area contributed by atoms with Crippen LogP contribution in [-0.4, -0.2) is 17.1 Å². The zero-order valence-corrected chi connectivity index (χ0v) is 9.00. The molecule has 1 rings (SSSR count). The quantitative estimate of drug-likeness (QED) is 0.801. The third-order valence-corrected chi connectivity index (χ3v) is 2.22. The highest BCUT2D eigenvalue weighted by molar-refractivity contribution is 5.92. The van der Waals surface area contributed by atoms with Crippen molar-refractivity contribution in [3.63, 3.8) is 0 Å². The molecule has 0 aliphatic rings. The maximum absolute atomic E-state index is 11.5. The van der Waals surface area contributed by atoms with Gasteiger partial charge in [0.15, 0.2) is 5.69 Å². The highest BCUT2D eigenvalue weighted by Gasteiger charge is 2.15. The van der Waals surface area contributed by atoms with Gasteiger partial charge < -0.3 is 9.84 Å². The van der Waals surface area contributed by atoms with Gasteiger partial charge in [-0.2, -0.15) is 0 Å². The van der Waals surface area contributed by atoms with E-state index in [1.54, 1.807) is 13.0 Å². The van der Waals surface area contributed by atoms with E-state index in [1.807, 2.05) is 6.92 Å². The van der Waals surface area contributed by atoms with E-state index in [-0.39, 0.29) is 11.9 Å². The van der Waals surface area contributed by atoms with Gasteiger partial charge in [0.25, 0.3) is 5.91 Å². The summed E-state index contributed by atoms with van der Waals surface area (Å²) in [5.41, 5.74) is 0.343. The van der Waals surface area contributed by atoms with Crippen molar-refractivity contribution in [1.29, 1.82) is 0 Å². The average Bonchev–Trinajstić information content (AvgIpc) is 2.51. The molecule has 4 nitrogen and oxygen atoms in total. The Morgan fingerprint density at radius 3 is 2.57 bits per heavy atom. The van der Waals surface area contributed by atoms with E-state index >= 15 is 0 Å². The predicted molar refractivity (Wildman–Crippen MR) is 53.0 cm³/mol. The summed E-state index contributed by atoms with van der Waals surface area (Å²) in [6.45, 7) is 7.84. The summed E-state index contributed by atoms with van der Waals surface area (Å²) < 4.78 is 4.82. The van der Waals surface area contributed by atoms with Crippen molar-refractivity contribution in [3.05, 3.63) is 17.5 Å². The highest BCUT2D eigenvalue weighted by Crippen LogP contribution is 2.04. The first-order chi connectivity index (χ1) is 6.50. The fourth-order valence-electron chi connectivity index (χ4n) is 0.921. The van der Waals surface area contributed by atoms with Crippen molar-refractivity contribution in [3.8, 4) is 0 Å². The van der Waals surface area contributed by atoms with Gasteiger partial charge in [-0.25, -0.2) is 0 Å². The largest absolute Gasteiger partial charge is 0.361 e. The van der Waals surface area contributed by atoms with Crippen molar-refractivity contribution in [2.24, 2.45) is 5.92 Å². The van der Waals surface area contributed by atoms with Crippen molar-refractivity contribution in [2.75, 3.05) is 0 Å². The summed E-state index contributed by atoms with van der Waals surface area (Å²) in [4.78, 5) is 11.5. The van der Waals surface area contributed by atoms with Gasteiger partial charge in [-0.05, 0) is 19.8 Å². The molecule has 1 atom stereocenters. The van der Waals surface area contributed by atoms with Crippen LogP contribution in [0.1, 0.15) is 37.0 Å². The normalized spacial score (nSPS) is 12.9. The number of nitrogens with one attached hydrogen (secondary N) is 1. The molecule has 14 heavy (non-hydrogen) atoms. The van der Waals surface area contributed by atoms with E-state index in [1.165, 1.54) is 0 Å². The second-order valence-corrected chi connectivity index (χ2v) is 3.83. The van der Waals surface area contributed by atoms with Crippen LogP contribution in [0, 0.1) is 12.8 Å². The molecule has 0 unspecified atom stereocenters. The number of carbonyl (C=O) groups excluding carboxylic acids is 1. The Balaban J connectivity index is 2.59. The molecular formula is C10H16N2O2. The molecule has 0 radical (unpaired) electrons. The summed E-state index contributed by atoms with van der Waals surface area (Å²) in [6, 6.07) is 1.77. The minimum Gasteiger partial charge on any atom is -0.361 e. The van der Waals surface area contributed by atoms with Crippen molar-refractivity contribution in [2.45, 2.75) is 33.7 Å². The van der Waals surface area contributed by atoms with Crippen LogP contribution >= 0.6 is 0 Å². The SMILES string of the molecule is Cc1cc(C(=O)N[C@H](C)C(C)C)no1. The van der Waals surface area contributed by atoms with Gasteiger partial charge in [-0.1, -0.05) is 19.0 Å². The molecule has 0 saturated carbocycles. The molecule has 0 aliphatic carbocycles. The third-order valence-electron chi connectivity index (χ3n) is 2.22. The van der Waals surface area contributed by atoms with Crippen LogP contribution in [0.25, 0.3) is 0 Å². The van der Waals surface area contributed by atoms with Gasteiger partial charge in [-0.15, -0.1) is 0 Å². The summed E-state index contributed by atoms with van der Waals surface area (Å²) in [5.74, 6) is 0.877. The summed E-state index contributed by atoms with van der Waals surface area (Å²) >= 11 is 0. The lowest BCUT2D eigenvalue weighted by atomic mass is 10.1.